The molecule has 2 N–H and O–H groups in total. The van der Waals surface area contributed by atoms with Gasteiger partial charge in [-0.1, -0.05) is 43.3 Å². The second kappa shape index (κ2) is 16.3. The molecule has 0 spiro atoms. The highest BCUT2D eigenvalue weighted by atomic mass is 35.5. The first kappa shape index (κ1) is 40.1. The second-order valence-corrected chi connectivity index (χ2v) is 15.1. The molecule has 0 atom stereocenters. The highest BCUT2D eigenvalue weighted by molar-refractivity contribution is 7.86. The fraction of sp³-hybridized carbons (Fsp3) is 0.364. The number of hydrogen-bond acceptors (Lipinski definition) is 8. The van der Waals surface area contributed by atoms with Crippen LogP contribution >= 0.6 is 11.6 Å². The molecule has 3 aromatic rings. The minimum Gasteiger partial charge on any atom is -0.326 e. The van der Waals surface area contributed by atoms with Crippen LogP contribution < -0.4 is 14.4 Å². The zero-order valence-corrected chi connectivity index (χ0v) is 30.5. The van der Waals surface area contributed by atoms with E-state index >= 15 is 0 Å². The summed E-state index contributed by atoms with van der Waals surface area (Å²) in [5.41, 5.74) is 2.61. The van der Waals surface area contributed by atoms with E-state index < -0.39 is 48.5 Å². The predicted molar refractivity (Wildman–Crippen MR) is 189 cm³/mol. The Balaban J connectivity index is 1.78. The fourth-order valence-electron chi connectivity index (χ4n) is 5.77. The molecule has 0 unspecified atom stereocenters. The molecule has 2 aromatic carbocycles. The minimum absolute atomic E-state index is 0.0516. The Morgan fingerprint density at radius 2 is 1.71 bits per heavy atom. The SMILES string of the molecule is C=CN1\C(=C/C=C(\C=C\c2n(CCCS(=O)(=O)O)c3cc(COOC)ccc3[n+]2C)CC)N(CCCS(=O)(=O)O)c2cc(C(F)(F)F)c(Cl)cc21. The molecule has 0 radical (unpaired) electrons. The summed E-state index contributed by atoms with van der Waals surface area (Å²) in [6.07, 6.45) is 4.36. The number of aromatic nitrogens is 2. The van der Waals surface area contributed by atoms with Crippen molar-refractivity contribution in [2.45, 2.75) is 45.5 Å². The average molecular weight is 776 g/mol. The summed E-state index contributed by atoms with van der Waals surface area (Å²) < 4.78 is 110. The third kappa shape index (κ3) is 10.0. The molecule has 2 heterocycles. The molecule has 0 saturated heterocycles. The normalized spacial score (nSPS) is 15.2. The maximum absolute atomic E-state index is 13.8. The summed E-state index contributed by atoms with van der Waals surface area (Å²) in [6.45, 7) is 6.11. The van der Waals surface area contributed by atoms with Crippen LogP contribution in [0.5, 0.6) is 0 Å². The molecule has 0 aliphatic carbocycles. The highest BCUT2D eigenvalue weighted by Crippen LogP contribution is 2.48. The molecule has 4 rings (SSSR count). The Morgan fingerprint density at radius 1 is 1.04 bits per heavy atom. The number of allylic oxidation sites excluding steroid dienone is 4. The van der Waals surface area contributed by atoms with Crippen molar-refractivity contribution in [3.8, 4) is 0 Å². The van der Waals surface area contributed by atoms with Crippen molar-refractivity contribution in [3.05, 3.63) is 94.7 Å². The molecule has 12 nitrogen and oxygen atoms in total. The summed E-state index contributed by atoms with van der Waals surface area (Å²) in [5, 5.41) is -0.516. The van der Waals surface area contributed by atoms with E-state index in [1.54, 1.807) is 17.1 Å². The van der Waals surface area contributed by atoms with Gasteiger partial charge in [0.15, 0.2) is 11.0 Å². The molecule has 1 aliphatic heterocycles. The summed E-state index contributed by atoms with van der Waals surface area (Å²) in [6, 6.07) is 7.75. The van der Waals surface area contributed by atoms with E-state index in [2.05, 4.69) is 6.58 Å². The first-order valence-electron chi connectivity index (χ1n) is 15.6. The highest BCUT2D eigenvalue weighted by Gasteiger charge is 2.38. The number of halogens is 4. The van der Waals surface area contributed by atoms with Gasteiger partial charge in [0.05, 0.1) is 54.2 Å². The molecule has 1 aliphatic rings. The topological polar surface area (TPSA) is 142 Å². The van der Waals surface area contributed by atoms with Gasteiger partial charge in [-0.3, -0.25) is 9.11 Å². The van der Waals surface area contributed by atoms with E-state index in [0.717, 1.165) is 28.2 Å². The number of aryl methyl sites for hydroxylation is 2. The predicted octanol–water partition coefficient (Wildman–Crippen LogP) is 6.43. The van der Waals surface area contributed by atoms with E-state index in [0.29, 0.717) is 23.8 Å². The number of nitrogens with zero attached hydrogens (tertiary/aromatic N) is 4. The van der Waals surface area contributed by atoms with Crippen LogP contribution in [-0.4, -0.2) is 55.7 Å². The van der Waals surface area contributed by atoms with Crippen molar-refractivity contribution in [3.63, 3.8) is 0 Å². The lowest BCUT2D eigenvalue weighted by Crippen LogP contribution is -2.31. The average Bonchev–Trinajstić information content (AvgIpc) is 3.47. The van der Waals surface area contributed by atoms with Crippen LogP contribution in [0.25, 0.3) is 17.1 Å². The summed E-state index contributed by atoms with van der Waals surface area (Å²) in [4.78, 5) is 12.9. The van der Waals surface area contributed by atoms with Gasteiger partial charge in [0.1, 0.15) is 12.4 Å². The Hall–Kier alpha value is -3.71. The van der Waals surface area contributed by atoms with Crippen molar-refractivity contribution in [1.29, 1.82) is 0 Å². The van der Waals surface area contributed by atoms with Crippen molar-refractivity contribution in [2.24, 2.45) is 7.05 Å². The molecule has 0 amide bonds. The molecular formula is C33H39ClF3N4O8S2+. The molecule has 1 aromatic heterocycles. The molecule has 0 fully saturated rings. The molecular weight excluding hydrogens is 737 g/mol. The van der Waals surface area contributed by atoms with E-state index in [1.165, 1.54) is 24.3 Å². The van der Waals surface area contributed by atoms with Gasteiger partial charge in [-0.15, -0.1) is 0 Å². The van der Waals surface area contributed by atoms with Crippen LogP contribution in [0, 0.1) is 0 Å². The van der Waals surface area contributed by atoms with Gasteiger partial charge in [-0.05, 0) is 54.3 Å². The Kier molecular flexibility index (Phi) is 12.8. The largest absolute Gasteiger partial charge is 0.417 e. The van der Waals surface area contributed by atoms with E-state index in [-0.39, 0.29) is 38.2 Å². The van der Waals surface area contributed by atoms with Crippen molar-refractivity contribution >= 4 is 60.3 Å². The van der Waals surface area contributed by atoms with Gasteiger partial charge in [-0.25, -0.2) is 18.9 Å². The summed E-state index contributed by atoms with van der Waals surface area (Å²) >= 11 is 6.05. The Labute approximate surface area is 299 Å². The minimum atomic E-state index is -4.75. The number of alkyl halides is 3. The Morgan fingerprint density at radius 3 is 2.29 bits per heavy atom. The number of hydrogen-bond donors (Lipinski definition) is 2. The number of imidazole rings is 1. The first-order valence-corrected chi connectivity index (χ1v) is 19.2. The molecule has 0 bridgehead atoms. The number of benzene rings is 2. The molecule has 0 saturated carbocycles. The van der Waals surface area contributed by atoms with Crippen molar-refractivity contribution < 1.29 is 53.5 Å². The molecule has 51 heavy (non-hydrogen) atoms. The monoisotopic (exact) mass is 775 g/mol. The van der Waals surface area contributed by atoms with Crippen LogP contribution in [0.1, 0.15) is 43.1 Å². The Bertz CT molecular complexity index is 2100. The lowest BCUT2D eigenvalue weighted by Gasteiger charge is -2.23. The van der Waals surface area contributed by atoms with Crippen LogP contribution in [0.3, 0.4) is 0 Å². The van der Waals surface area contributed by atoms with E-state index in [1.807, 2.05) is 53.5 Å². The fourth-order valence-corrected chi connectivity index (χ4v) is 7.02. The van der Waals surface area contributed by atoms with Crippen molar-refractivity contribution in [2.75, 3.05) is 35.0 Å². The third-order valence-corrected chi connectivity index (χ3v) is 10.1. The lowest BCUT2D eigenvalue weighted by atomic mass is 10.1. The van der Waals surface area contributed by atoms with Gasteiger partial charge < -0.3 is 9.80 Å². The van der Waals surface area contributed by atoms with Gasteiger partial charge in [0, 0.05) is 25.2 Å². The van der Waals surface area contributed by atoms with Gasteiger partial charge >= 0.3 is 6.18 Å². The van der Waals surface area contributed by atoms with Crippen LogP contribution in [-0.2, 0) is 56.4 Å². The maximum atomic E-state index is 13.8. The standard InChI is InChI=1S/C33H38ClF3N4O8S2/c1-5-23(10-13-31-38(3)27-12-9-24(22-49-48-4)19-28(27)40(31)15-7-17-50(42,43)44)11-14-32-39(6-2)30-21-26(34)25(33(35,36)37)20-29(30)41(32)16-8-18-51(45,46)47/h6,9-14,19-21H,2,5,7-8,15-18,22H2,1,3-4H3,(H-,42,43,44,45,46,47)/p+1. The van der Waals surface area contributed by atoms with Gasteiger partial charge in [0.2, 0.25) is 0 Å². The van der Waals surface area contributed by atoms with Crippen LogP contribution in [0.2, 0.25) is 5.02 Å². The molecule has 18 heteroatoms. The van der Waals surface area contributed by atoms with Crippen LogP contribution in [0.4, 0.5) is 24.5 Å². The smallest absolute Gasteiger partial charge is 0.326 e. The third-order valence-electron chi connectivity index (χ3n) is 8.15. The zero-order chi connectivity index (χ0) is 37.7. The first-order chi connectivity index (χ1) is 23.9. The number of fused-ring (bicyclic) bond motifs is 2. The van der Waals surface area contributed by atoms with Gasteiger partial charge in [0.25, 0.3) is 26.1 Å². The second-order valence-electron chi connectivity index (χ2n) is 11.6. The van der Waals surface area contributed by atoms with Gasteiger partial charge in [-0.2, -0.15) is 30.0 Å². The van der Waals surface area contributed by atoms with E-state index in [9.17, 15) is 39.1 Å². The van der Waals surface area contributed by atoms with Crippen LogP contribution in [0.15, 0.2) is 72.7 Å². The zero-order valence-electron chi connectivity index (χ0n) is 28.1. The number of rotatable bonds is 16. The van der Waals surface area contributed by atoms with E-state index in [4.69, 9.17) is 21.4 Å². The summed E-state index contributed by atoms with van der Waals surface area (Å²) in [5.74, 6) is 0.0488. The lowest BCUT2D eigenvalue weighted by molar-refractivity contribution is -0.647. The molecule has 278 valence electrons. The summed E-state index contributed by atoms with van der Waals surface area (Å²) in [7, 11) is -5.26. The number of anilines is 2. The quantitative estimate of drug-likeness (QED) is 0.0550. The van der Waals surface area contributed by atoms with Crippen molar-refractivity contribution in [1.82, 2.24) is 4.57 Å². The maximum Gasteiger partial charge on any atom is 0.417 e.